The zero-order valence-electron chi connectivity index (χ0n) is 19.5. The van der Waals surface area contributed by atoms with E-state index in [0.717, 1.165) is 18.5 Å². The molecule has 0 spiro atoms. The Morgan fingerprint density at radius 3 is 2.49 bits per heavy atom. The molecule has 0 radical (unpaired) electrons. The van der Waals surface area contributed by atoms with Gasteiger partial charge in [0.2, 0.25) is 11.9 Å². The summed E-state index contributed by atoms with van der Waals surface area (Å²) in [7, 11) is 0. The molecular weight excluding hydrogens is 498 g/mol. The lowest BCUT2D eigenvalue weighted by atomic mass is 10.1. The third-order valence-corrected chi connectivity index (χ3v) is 6.45. The van der Waals surface area contributed by atoms with Crippen LogP contribution < -0.4 is 15.4 Å². The van der Waals surface area contributed by atoms with Gasteiger partial charge in [-0.3, -0.25) is 9.59 Å². The van der Waals surface area contributed by atoms with Crippen molar-refractivity contribution in [2.24, 2.45) is 0 Å². The van der Waals surface area contributed by atoms with Gasteiger partial charge in [0.15, 0.2) is 5.82 Å². The number of rotatable bonds is 4. The van der Waals surface area contributed by atoms with Crippen LogP contribution in [0, 0.1) is 5.82 Å². The van der Waals surface area contributed by atoms with Crippen LogP contribution in [0.5, 0.6) is 0 Å². The van der Waals surface area contributed by atoms with Crippen molar-refractivity contribution in [3.63, 3.8) is 0 Å². The van der Waals surface area contributed by atoms with Crippen molar-refractivity contribution >= 4 is 28.4 Å². The Hall–Kier alpha value is -3.81. The number of nitrogens with one attached hydrogen (secondary N) is 1. The molecule has 2 fully saturated rings. The van der Waals surface area contributed by atoms with Crippen LogP contribution >= 0.6 is 0 Å². The van der Waals surface area contributed by atoms with Crippen molar-refractivity contribution in [3.8, 4) is 0 Å². The second kappa shape index (κ2) is 9.92. The van der Waals surface area contributed by atoms with Gasteiger partial charge >= 0.3 is 6.18 Å². The molecule has 37 heavy (non-hydrogen) atoms. The van der Waals surface area contributed by atoms with Crippen molar-refractivity contribution in [1.82, 2.24) is 25.1 Å². The maximum atomic E-state index is 13.7. The summed E-state index contributed by atoms with van der Waals surface area (Å²) in [5, 5.41) is 7.26. The largest absolute Gasteiger partial charge is 0.419 e. The monoisotopic (exact) mass is 521 g/mol. The molecule has 0 bridgehead atoms. The third kappa shape index (κ3) is 5.33. The molecule has 2 aliphatic heterocycles. The van der Waals surface area contributed by atoms with Crippen molar-refractivity contribution in [2.45, 2.75) is 18.7 Å². The summed E-state index contributed by atoms with van der Waals surface area (Å²) in [5.41, 5.74) is -1.40. The molecule has 4 heterocycles. The minimum atomic E-state index is -4.50. The Kier molecular flexibility index (Phi) is 6.67. The van der Waals surface area contributed by atoms with Crippen LogP contribution in [0.25, 0.3) is 10.8 Å². The molecule has 1 atom stereocenters. The lowest BCUT2D eigenvalue weighted by Gasteiger charge is -2.37. The highest BCUT2D eigenvalue weighted by molar-refractivity contribution is 5.91. The molecular formula is C23H23F4N7O3. The number of morpholine rings is 1. The highest BCUT2D eigenvalue weighted by Crippen LogP contribution is 2.29. The number of aromatic nitrogens is 4. The quantitative estimate of drug-likeness (QED) is 0.519. The van der Waals surface area contributed by atoms with Gasteiger partial charge in [0.05, 0.1) is 30.1 Å². The summed E-state index contributed by atoms with van der Waals surface area (Å²) in [4.78, 5) is 38.0. The summed E-state index contributed by atoms with van der Waals surface area (Å²) >= 11 is 0. The fourth-order valence-corrected chi connectivity index (χ4v) is 4.51. The second-order valence-electron chi connectivity index (χ2n) is 8.85. The van der Waals surface area contributed by atoms with Crippen LogP contribution in [0.1, 0.15) is 12.0 Å². The van der Waals surface area contributed by atoms with Crippen molar-refractivity contribution in [1.29, 1.82) is 0 Å². The number of halogens is 4. The SMILES string of the molecule is O=C(C[C@@H]1CN(c2n[nH]c(=O)c3cc(F)ccc23)CCO1)N1CCN(c2ncc(C(F)(F)F)cn2)CC1. The molecule has 196 valence electrons. The van der Waals surface area contributed by atoms with Crippen LogP contribution in [0.3, 0.4) is 0 Å². The first kappa shape index (κ1) is 24.9. The lowest BCUT2D eigenvalue weighted by Crippen LogP contribution is -2.51. The smallest absolute Gasteiger partial charge is 0.374 e. The minimum absolute atomic E-state index is 0.110. The summed E-state index contributed by atoms with van der Waals surface area (Å²) < 4.78 is 57.7. The molecule has 3 aromatic rings. The Balaban J connectivity index is 1.19. The normalized spacial score (nSPS) is 18.9. The van der Waals surface area contributed by atoms with E-state index in [4.69, 9.17) is 4.74 Å². The Labute approximate surface area is 207 Å². The number of amides is 1. The van der Waals surface area contributed by atoms with Gasteiger partial charge in [-0.2, -0.15) is 18.3 Å². The van der Waals surface area contributed by atoms with E-state index in [1.165, 1.54) is 12.1 Å². The van der Waals surface area contributed by atoms with Gasteiger partial charge in [0.25, 0.3) is 5.56 Å². The average molecular weight is 521 g/mol. The fraction of sp³-hybridized carbons (Fsp3) is 0.435. The number of ether oxygens (including phenoxy) is 1. The number of aromatic amines is 1. The molecule has 0 saturated carbocycles. The van der Waals surface area contributed by atoms with E-state index in [1.807, 2.05) is 4.90 Å². The van der Waals surface area contributed by atoms with E-state index in [9.17, 15) is 27.2 Å². The number of anilines is 2. The zero-order valence-corrected chi connectivity index (χ0v) is 19.5. The minimum Gasteiger partial charge on any atom is -0.374 e. The number of carbonyl (C=O) groups is 1. The average Bonchev–Trinajstić information content (AvgIpc) is 2.89. The molecule has 5 rings (SSSR count). The van der Waals surface area contributed by atoms with E-state index >= 15 is 0 Å². The lowest BCUT2D eigenvalue weighted by molar-refractivity contribution is -0.138. The van der Waals surface area contributed by atoms with E-state index < -0.39 is 29.2 Å². The van der Waals surface area contributed by atoms with Crippen molar-refractivity contribution < 1.29 is 27.1 Å². The molecule has 2 aliphatic rings. The second-order valence-corrected chi connectivity index (χ2v) is 8.85. The number of nitrogens with zero attached hydrogens (tertiary/aromatic N) is 6. The zero-order chi connectivity index (χ0) is 26.2. The van der Waals surface area contributed by atoms with Gasteiger partial charge in [-0.15, -0.1) is 0 Å². The molecule has 0 unspecified atom stereocenters. The van der Waals surface area contributed by atoms with Gasteiger partial charge in [-0.1, -0.05) is 0 Å². The molecule has 0 aliphatic carbocycles. The number of carbonyl (C=O) groups excluding carboxylic acids is 1. The number of hydrogen-bond donors (Lipinski definition) is 1. The summed E-state index contributed by atoms with van der Waals surface area (Å²) in [6.07, 6.45) is -3.28. The third-order valence-electron chi connectivity index (χ3n) is 6.45. The molecule has 2 aromatic heterocycles. The molecule has 1 N–H and O–H groups in total. The van der Waals surface area contributed by atoms with E-state index in [-0.39, 0.29) is 23.7 Å². The van der Waals surface area contributed by atoms with Gasteiger partial charge in [0, 0.05) is 57.0 Å². The van der Waals surface area contributed by atoms with Gasteiger partial charge in [0.1, 0.15) is 5.82 Å². The van der Waals surface area contributed by atoms with E-state index in [2.05, 4.69) is 20.2 Å². The number of alkyl halides is 3. The standard InChI is InChI=1S/C23H23F4N7O3/c24-15-1-2-17-18(9-15)21(36)31-30-20(17)34-7-8-37-16(13-34)10-19(35)32-3-5-33(6-4-32)22-28-11-14(12-29-22)23(25,26)27/h1-2,9,11-12,16H,3-8,10,13H2,(H,31,36)/t16-/m1/s1. The van der Waals surface area contributed by atoms with Crippen LogP contribution in [0.2, 0.25) is 0 Å². The van der Waals surface area contributed by atoms with Crippen molar-refractivity contribution in [2.75, 3.05) is 55.7 Å². The number of H-pyrrole nitrogens is 1. The maximum Gasteiger partial charge on any atom is 0.419 e. The predicted molar refractivity (Wildman–Crippen MR) is 125 cm³/mol. The number of benzene rings is 1. The maximum absolute atomic E-state index is 13.7. The van der Waals surface area contributed by atoms with Crippen molar-refractivity contribution in [3.05, 3.63) is 52.3 Å². The number of hydrogen-bond acceptors (Lipinski definition) is 8. The predicted octanol–water partition coefficient (Wildman–Crippen LogP) is 1.82. The first-order valence-corrected chi connectivity index (χ1v) is 11.7. The number of piperazine rings is 1. The highest BCUT2D eigenvalue weighted by Gasteiger charge is 2.32. The van der Waals surface area contributed by atoms with Crippen LogP contribution in [-0.2, 0) is 15.7 Å². The van der Waals surface area contributed by atoms with Gasteiger partial charge < -0.3 is 19.4 Å². The first-order chi connectivity index (χ1) is 17.7. The van der Waals surface area contributed by atoms with Gasteiger partial charge in [-0.25, -0.2) is 19.5 Å². The van der Waals surface area contributed by atoms with E-state index in [0.29, 0.717) is 57.1 Å². The molecule has 14 heteroatoms. The van der Waals surface area contributed by atoms with Crippen LogP contribution in [-0.4, -0.2) is 83.0 Å². The molecule has 2 saturated heterocycles. The number of fused-ring (bicyclic) bond motifs is 1. The summed E-state index contributed by atoms with van der Waals surface area (Å²) in [6.45, 7) is 2.71. The topological polar surface area (TPSA) is 108 Å². The highest BCUT2D eigenvalue weighted by atomic mass is 19.4. The summed E-state index contributed by atoms with van der Waals surface area (Å²) in [5.74, 6) is 0.0409. The summed E-state index contributed by atoms with van der Waals surface area (Å²) in [6, 6.07) is 3.94. The Morgan fingerprint density at radius 2 is 1.78 bits per heavy atom. The molecule has 1 aromatic carbocycles. The first-order valence-electron chi connectivity index (χ1n) is 11.7. The Morgan fingerprint density at radius 1 is 1.05 bits per heavy atom. The van der Waals surface area contributed by atoms with E-state index in [1.54, 1.807) is 9.80 Å². The Bertz CT molecular complexity index is 1340. The molecule has 10 nitrogen and oxygen atoms in total. The molecule has 1 amide bonds. The van der Waals surface area contributed by atoms with Gasteiger partial charge in [-0.05, 0) is 18.2 Å². The fourth-order valence-electron chi connectivity index (χ4n) is 4.51. The van der Waals surface area contributed by atoms with Crippen LogP contribution in [0.15, 0.2) is 35.4 Å². The van der Waals surface area contributed by atoms with Crippen LogP contribution in [0.4, 0.5) is 29.3 Å².